The van der Waals surface area contributed by atoms with E-state index in [0.717, 1.165) is 5.56 Å². The molecule has 3 N–H and O–H groups in total. The minimum Gasteiger partial charge on any atom is -0.285 e. The Morgan fingerprint density at radius 1 is 1.39 bits per heavy atom. The fourth-order valence-corrected chi connectivity index (χ4v) is 3.40. The predicted octanol–water partition coefficient (Wildman–Crippen LogP) is 0.789. The number of rotatable bonds is 4. The highest BCUT2D eigenvalue weighted by atomic mass is 32.2. The number of sulfonamides is 1. The number of nitrogens with zero attached hydrogens (tertiary/aromatic N) is 2. The largest absolute Gasteiger partial charge is 0.285 e. The number of hydrogen-bond acceptors (Lipinski definition) is 4. The lowest BCUT2D eigenvalue weighted by Crippen LogP contribution is -2.27. The Bertz CT molecular complexity index is 610. The maximum absolute atomic E-state index is 12.2. The van der Waals surface area contributed by atoms with Crippen molar-refractivity contribution in [1.82, 2.24) is 25.1 Å². The Morgan fingerprint density at radius 3 is 2.61 bits per heavy atom. The number of H-pyrrole nitrogens is 2. The second-order valence-corrected chi connectivity index (χ2v) is 5.79. The summed E-state index contributed by atoms with van der Waals surface area (Å²) in [5.74, 6) is 0. The van der Waals surface area contributed by atoms with Gasteiger partial charge in [0.15, 0.2) is 0 Å². The van der Waals surface area contributed by atoms with Crippen molar-refractivity contribution in [2.24, 2.45) is 0 Å². The fourth-order valence-electron chi connectivity index (χ4n) is 1.79. The summed E-state index contributed by atoms with van der Waals surface area (Å²) in [5, 5.41) is 13.0. The molecule has 0 radical (unpaired) electrons. The maximum Gasteiger partial charge on any atom is 0.244 e. The first-order chi connectivity index (χ1) is 8.42. The average Bonchev–Trinajstić information content (AvgIpc) is 2.87. The lowest BCUT2D eigenvalue weighted by Gasteiger charge is -2.12. The van der Waals surface area contributed by atoms with Crippen LogP contribution in [0.1, 0.15) is 29.9 Å². The van der Waals surface area contributed by atoms with Crippen molar-refractivity contribution in [3.8, 4) is 0 Å². The Hall–Kier alpha value is -1.67. The summed E-state index contributed by atoms with van der Waals surface area (Å²) in [4.78, 5) is 0.206. The van der Waals surface area contributed by atoms with Gasteiger partial charge in [-0.1, -0.05) is 0 Å². The van der Waals surface area contributed by atoms with E-state index in [1.165, 1.54) is 0 Å². The van der Waals surface area contributed by atoms with Gasteiger partial charge in [0.05, 0.1) is 17.6 Å². The monoisotopic (exact) mass is 269 g/mol. The molecule has 18 heavy (non-hydrogen) atoms. The number of aryl methyl sites for hydroxylation is 2. The number of aromatic nitrogens is 4. The van der Waals surface area contributed by atoms with E-state index in [2.05, 4.69) is 25.1 Å². The van der Waals surface area contributed by atoms with Gasteiger partial charge in [-0.05, 0) is 20.8 Å². The highest BCUT2D eigenvalue weighted by molar-refractivity contribution is 7.89. The van der Waals surface area contributed by atoms with Crippen LogP contribution in [0.15, 0.2) is 17.3 Å². The van der Waals surface area contributed by atoms with Crippen LogP contribution in [0, 0.1) is 13.8 Å². The van der Waals surface area contributed by atoms with Crippen LogP contribution in [-0.2, 0) is 10.0 Å². The minimum absolute atomic E-state index is 0.206. The molecule has 98 valence electrons. The van der Waals surface area contributed by atoms with Gasteiger partial charge in [-0.15, -0.1) is 0 Å². The third kappa shape index (κ3) is 2.29. The van der Waals surface area contributed by atoms with Gasteiger partial charge in [-0.25, -0.2) is 13.1 Å². The van der Waals surface area contributed by atoms with Gasteiger partial charge < -0.3 is 0 Å². The molecule has 0 fully saturated rings. The molecular formula is C10H15N5O2S. The van der Waals surface area contributed by atoms with Gasteiger partial charge in [0, 0.05) is 17.8 Å². The Balaban J connectivity index is 2.28. The lowest BCUT2D eigenvalue weighted by atomic mass is 10.2. The zero-order valence-corrected chi connectivity index (χ0v) is 11.2. The van der Waals surface area contributed by atoms with Crippen LogP contribution in [0.3, 0.4) is 0 Å². The molecule has 0 aliphatic rings. The maximum atomic E-state index is 12.2. The van der Waals surface area contributed by atoms with Crippen molar-refractivity contribution < 1.29 is 8.42 Å². The van der Waals surface area contributed by atoms with Gasteiger partial charge >= 0.3 is 0 Å². The van der Waals surface area contributed by atoms with Crippen LogP contribution < -0.4 is 4.72 Å². The van der Waals surface area contributed by atoms with Gasteiger partial charge in [-0.3, -0.25) is 10.2 Å². The first-order valence-electron chi connectivity index (χ1n) is 5.44. The summed E-state index contributed by atoms with van der Waals surface area (Å²) in [6.07, 6.45) is 3.24. The van der Waals surface area contributed by atoms with Crippen LogP contribution in [0.25, 0.3) is 0 Å². The quantitative estimate of drug-likeness (QED) is 0.763. The summed E-state index contributed by atoms with van der Waals surface area (Å²) < 4.78 is 27.1. The number of hydrogen-bond donors (Lipinski definition) is 3. The van der Waals surface area contributed by atoms with E-state index in [-0.39, 0.29) is 10.9 Å². The van der Waals surface area contributed by atoms with Gasteiger partial charge in [0.2, 0.25) is 10.0 Å². The molecule has 0 bridgehead atoms. The van der Waals surface area contributed by atoms with E-state index < -0.39 is 10.0 Å². The SMILES string of the molecule is Cc1n[nH]c(C)c1S(=O)(=O)NC(C)c1cn[nH]c1. The zero-order valence-electron chi connectivity index (χ0n) is 10.4. The third-order valence-corrected chi connectivity index (χ3v) is 4.48. The van der Waals surface area contributed by atoms with Crippen molar-refractivity contribution in [2.75, 3.05) is 0 Å². The molecule has 0 aliphatic carbocycles. The zero-order chi connectivity index (χ0) is 13.3. The predicted molar refractivity (Wildman–Crippen MR) is 65.4 cm³/mol. The third-order valence-electron chi connectivity index (χ3n) is 2.68. The first kappa shape index (κ1) is 12.8. The van der Waals surface area contributed by atoms with Crippen molar-refractivity contribution in [3.05, 3.63) is 29.3 Å². The molecule has 8 heteroatoms. The van der Waals surface area contributed by atoms with Gasteiger partial charge in [-0.2, -0.15) is 10.2 Å². The van der Waals surface area contributed by atoms with Crippen LogP contribution in [0.4, 0.5) is 0 Å². The molecule has 2 rings (SSSR count). The normalized spacial score (nSPS) is 13.7. The molecule has 1 atom stereocenters. The van der Waals surface area contributed by atoms with E-state index in [1.54, 1.807) is 33.2 Å². The van der Waals surface area contributed by atoms with Crippen LogP contribution >= 0.6 is 0 Å². The molecule has 0 aromatic carbocycles. The lowest BCUT2D eigenvalue weighted by molar-refractivity contribution is 0.566. The molecule has 0 spiro atoms. The second-order valence-electron chi connectivity index (χ2n) is 4.14. The fraction of sp³-hybridized carbons (Fsp3) is 0.400. The molecule has 0 saturated carbocycles. The Kier molecular flexibility index (Phi) is 3.22. The van der Waals surface area contributed by atoms with E-state index in [1.807, 2.05) is 0 Å². The summed E-state index contributed by atoms with van der Waals surface area (Å²) in [6.45, 7) is 5.09. The summed E-state index contributed by atoms with van der Waals surface area (Å²) >= 11 is 0. The average molecular weight is 269 g/mol. The van der Waals surface area contributed by atoms with Crippen molar-refractivity contribution in [3.63, 3.8) is 0 Å². The number of nitrogens with one attached hydrogen (secondary N) is 3. The minimum atomic E-state index is -3.59. The highest BCUT2D eigenvalue weighted by Gasteiger charge is 2.24. The molecule has 2 aromatic rings. The summed E-state index contributed by atoms with van der Waals surface area (Å²) in [5.41, 5.74) is 1.76. The van der Waals surface area contributed by atoms with Crippen molar-refractivity contribution in [1.29, 1.82) is 0 Å². The van der Waals surface area contributed by atoms with Crippen LogP contribution in [0.5, 0.6) is 0 Å². The second kappa shape index (κ2) is 4.54. The molecule has 0 aliphatic heterocycles. The topological polar surface area (TPSA) is 104 Å². The van der Waals surface area contributed by atoms with E-state index in [4.69, 9.17) is 0 Å². The van der Waals surface area contributed by atoms with E-state index in [9.17, 15) is 8.42 Å². The van der Waals surface area contributed by atoms with Crippen LogP contribution in [0.2, 0.25) is 0 Å². The van der Waals surface area contributed by atoms with Gasteiger partial charge in [0.25, 0.3) is 0 Å². The first-order valence-corrected chi connectivity index (χ1v) is 6.92. The summed E-state index contributed by atoms with van der Waals surface area (Å²) in [6, 6.07) is -0.359. The summed E-state index contributed by atoms with van der Waals surface area (Å²) in [7, 11) is -3.59. The number of aromatic amines is 2. The van der Waals surface area contributed by atoms with Crippen molar-refractivity contribution >= 4 is 10.0 Å². The Morgan fingerprint density at radius 2 is 2.11 bits per heavy atom. The van der Waals surface area contributed by atoms with E-state index in [0.29, 0.717) is 11.4 Å². The van der Waals surface area contributed by atoms with Gasteiger partial charge in [0.1, 0.15) is 4.90 Å². The van der Waals surface area contributed by atoms with Crippen LogP contribution in [-0.4, -0.2) is 28.8 Å². The molecule has 1 unspecified atom stereocenters. The molecule has 0 amide bonds. The molecular weight excluding hydrogens is 254 g/mol. The molecule has 2 aromatic heterocycles. The highest BCUT2D eigenvalue weighted by Crippen LogP contribution is 2.19. The molecule has 2 heterocycles. The standard InChI is InChI=1S/C10H15N5O2S/c1-6(9-4-11-12-5-9)15-18(16,17)10-7(2)13-14-8(10)3/h4-6,15H,1-3H3,(H,11,12)(H,13,14). The smallest absolute Gasteiger partial charge is 0.244 e. The van der Waals surface area contributed by atoms with E-state index >= 15 is 0 Å². The van der Waals surface area contributed by atoms with Crippen molar-refractivity contribution in [2.45, 2.75) is 31.7 Å². The molecule has 7 nitrogen and oxygen atoms in total. The Labute approximate surface area is 105 Å². The molecule has 0 saturated heterocycles.